The summed E-state index contributed by atoms with van der Waals surface area (Å²) in [5, 5.41) is 41.6. The first-order valence-electron chi connectivity index (χ1n) is 9.82. The third-order valence-corrected chi connectivity index (χ3v) is 6.75. The van der Waals surface area contributed by atoms with Gasteiger partial charge in [-0.25, -0.2) is 15.3 Å². The van der Waals surface area contributed by atoms with Gasteiger partial charge in [0.25, 0.3) is 0 Å². The van der Waals surface area contributed by atoms with Crippen molar-refractivity contribution < 1.29 is 45.9 Å². The molecule has 2 heterocycles. The number of aliphatic hydroxyl groups is 2. The summed E-state index contributed by atoms with van der Waals surface area (Å²) in [6.45, 7) is 2.03. The fourth-order valence-corrected chi connectivity index (χ4v) is 4.82. The molecule has 0 atom stereocenters. The van der Waals surface area contributed by atoms with Gasteiger partial charge in [-0.1, -0.05) is 30.8 Å². The summed E-state index contributed by atoms with van der Waals surface area (Å²) < 4.78 is 3.72. The Labute approximate surface area is 237 Å². The molecule has 17 heteroatoms. The van der Waals surface area contributed by atoms with Gasteiger partial charge in [0.15, 0.2) is 15.5 Å². The van der Waals surface area contributed by atoms with Crippen LogP contribution in [0.25, 0.3) is 0 Å². The summed E-state index contributed by atoms with van der Waals surface area (Å²) in [5.41, 5.74) is 0.644. The second-order valence-corrected chi connectivity index (χ2v) is 10.6. The third-order valence-electron chi connectivity index (χ3n) is 3.95. The Kier molecular flexibility index (Phi) is 11.3. The normalized spacial score (nSPS) is 18.5. The number of nitrogens with one attached hydrogen (secondary N) is 1. The SMILES string of the molecule is [CH2-][N+](/N=c1\[n-][nH]c(=S)s1)=C1/C=CC(=O)C=C1O.[CH2-][N+](/N=c1\[n-]nc(SCC)s1)=C1/C=CC(=O)C=C1O.[Co+3]. The number of thioether (sulfide) groups is 1. The van der Waals surface area contributed by atoms with Crippen LogP contribution in [0, 0.1) is 18.0 Å². The summed E-state index contributed by atoms with van der Waals surface area (Å²) in [6, 6.07) is 0. The van der Waals surface area contributed by atoms with Crippen LogP contribution >= 0.6 is 46.7 Å². The quantitative estimate of drug-likeness (QED) is 0.114. The first kappa shape index (κ1) is 30.0. The second-order valence-electron chi connectivity index (χ2n) is 6.48. The van der Waals surface area contributed by atoms with E-state index in [1.807, 2.05) is 6.92 Å². The van der Waals surface area contributed by atoms with Crippen molar-refractivity contribution in [1.29, 1.82) is 0 Å². The van der Waals surface area contributed by atoms with Gasteiger partial charge in [0, 0.05) is 26.2 Å². The Morgan fingerprint density at radius 3 is 2.03 bits per heavy atom. The van der Waals surface area contributed by atoms with Gasteiger partial charge in [-0.05, 0) is 30.1 Å². The van der Waals surface area contributed by atoms with Gasteiger partial charge in [-0.3, -0.25) is 9.59 Å². The van der Waals surface area contributed by atoms with E-state index in [1.165, 1.54) is 56.3 Å². The fourth-order valence-electron chi connectivity index (χ4n) is 2.45. The molecule has 0 amide bonds. The van der Waals surface area contributed by atoms with Crippen LogP contribution in [0.3, 0.4) is 0 Å². The van der Waals surface area contributed by atoms with Crippen LogP contribution in [-0.2, 0) is 26.4 Å². The van der Waals surface area contributed by atoms with Gasteiger partial charge in [0.2, 0.25) is 0 Å². The minimum atomic E-state index is -0.282. The van der Waals surface area contributed by atoms with E-state index in [-0.39, 0.29) is 39.9 Å². The number of carbonyl (C=O) groups excluding carboxylic acids is 2. The van der Waals surface area contributed by atoms with Crippen LogP contribution < -0.4 is 19.8 Å². The van der Waals surface area contributed by atoms with E-state index in [4.69, 9.17) is 12.2 Å². The maximum Gasteiger partial charge on any atom is 3.00 e. The summed E-state index contributed by atoms with van der Waals surface area (Å²) in [7, 11) is 7.31. The summed E-state index contributed by atoms with van der Waals surface area (Å²) in [4.78, 5) is 22.8. The van der Waals surface area contributed by atoms with E-state index in [0.717, 1.165) is 22.2 Å². The first-order chi connectivity index (χ1) is 17.2. The Bertz CT molecular complexity index is 1560. The Morgan fingerprint density at radius 1 is 1.03 bits per heavy atom. The number of hydrogen-bond donors (Lipinski definition) is 3. The molecule has 0 spiro atoms. The minimum absolute atomic E-state index is 0. The molecule has 0 radical (unpaired) electrons. The zero-order valence-electron chi connectivity index (χ0n) is 18.9. The summed E-state index contributed by atoms with van der Waals surface area (Å²) >= 11 is 8.95. The number of carbonyl (C=O) groups is 2. The molecule has 4 rings (SSSR count). The smallest absolute Gasteiger partial charge is 0.520 e. The molecule has 2 aliphatic rings. The number of nitrogens with zero attached hydrogens (tertiary/aromatic N) is 7. The van der Waals surface area contributed by atoms with Crippen LogP contribution in [0.5, 0.6) is 0 Å². The first-order valence-corrected chi connectivity index (χ1v) is 12.9. The number of aromatic nitrogens is 4. The third kappa shape index (κ3) is 8.69. The molecule has 2 aromatic heterocycles. The molecule has 194 valence electrons. The van der Waals surface area contributed by atoms with Crippen molar-refractivity contribution in [2.45, 2.75) is 11.3 Å². The molecule has 0 aromatic carbocycles. The van der Waals surface area contributed by atoms with Gasteiger partial charge in [0.05, 0.1) is 9.60 Å². The molecule has 0 unspecified atom stereocenters. The van der Waals surface area contributed by atoms with Crippen LogP contribution in [0.2, 0.25) is 0 Å². The topological polar surface area (TPSA) is 162 Å². The van der Waals surface area contributed by atoms with Crippen molar-refractivity contribution in [1.82, 2.24) is 20.4 Å². The molecular formula is C20H18CoN8O4S4+. The Morgan fingerprint density at radius 2 is 1.57 bits per heavy atom. The fraction of sp³-hybridized carbons (Fsp3) is 0.100. The van der Waals surface area contributed by atoms with Crippen molar-refractivity contribution in [3.63, 3.8) is 0 Å². The Hall–Kier alpha value is -3.22. The molecule has 37 heavy (non-hydrogen) atoms. The summed E-state index contributed by atoms with van der Waals surface area (Å²) in [6.07, 6.45) is 7.74. The van der Waals surface area contributed by atoms with E-state index < -0.39 is 0 Å². The van der Waals surface area contributed by atoms with E-state index >= 15 is 0 Å². The molecule has 12 nitrogen and oxygen atoms in total. The van der Waals surface area contributed by atoms with Crippen LogP contribution in [0.4, 0.5) is 0 Å². The van der Waals surface area contributed by atoms with Gasteiger partial charge in [0.1, 0.15) is 27.3 Å². The number of rotatable bonds is 4. The zero-order chi connectivity index (χ0) is 26.2. The van der Waals surface area contributed by atoms with Gasteiger partial charge in [-0.15, -0.1) is 22.7 Å². The number of hydrogen-bond acceptors (Lipinski definition) is 11. The van der Waals surface area contributed by atoms with Gasteiger partial charge < -0.3 is 34.9 Å². The predicted molar refractivity (Wildman–Crippen MR) is 137 cm³/mol. The van der Waals surface area contributed by atoms with Crippen molar-refractivity contribution in [2.24, 2.45) is 10.2 Å². The molecule has 0 saturated heterocycles. The predicted octanol–water partition coefficient (Wildman–Crippen LogP) is 1.26. The van der Waals surface area contributed by atoms with Crippen molar-refractivity contribution >= 4 is 69.6 Å². The number of H-pyrrole nitrogens is 1. The minimum Gasteiger partial charge on any atom is -0.520 e. The molecule has 2 aromatic rings. The van der Waals surface area contributed by atoms with Crippen LogP contribution in [0.1, 0.15) is 6.92 Å². The van der Waals surface area contributed by atoms with Crippen molar-refractivity contribution in [2.75, 3.05) is 5.75 Å². The molecular weight excluding hydrogens is 603 g/mol. The molecule has 0 fully saturated rings. The van der Waals surface area contributed by atoms with E-state index in [0.29, 0.717) is 25.0 Å². The maximum atomic E-state index is 11.0. The number of aromatic amines is 1. The Balaban J connectivity index is 0.000000255. The summed E-state index contributed by atoms with van der Waals surface area (Å²) in [5.74, 6) is 0.00524. The average Bonchev–Trinajstić information content (AvgIpc) is 3.42. The van der Waals surface area contributed by atoms with Crippen LogP contribution in [0.15, 0.2) is 62.5 Å². The van der Waals surface area contributed by atoms with Crippen LogP contribution in [-0.4, -0.2) is 58.5 Å². The van der Waals surface area contributed by atoms with Gasteiger partial charge in [-0.2, -0.15) is 0 Å². The molecule has 0 bridgehead atoms. The van der Waals surface area contributed by atoms with E-state index in [2.05, 4.69) is 44.7 Å². The molecule has 3 N–H and O–H groups in total. The number of allylic oxidation sites excluding steroid dienone is 6. The van der Waals surface area contributed by atoms with E-state index in [1.54, 1.807) is 11.8 Å². The number of ketones is 2. The molecule has 0 saturated carbocycles. The molecule has 2 aliphatic carbocycles. The largest absolute Gasteiger partial charge is 3.00 e. The van der Waals surface area contributed by atoms with Crippen molar-refractivity contribution in [3.05, 3.63) is 75.6 Å². The van der Waals surface area contributed by atoms with Crippen molar-refractivity contribution in [3.8, 4) is 0 Å². The van der Waals surface area contributed by atoms with E-state index in [9.17, 15) is 19.8 Å². The standard InChI is InChI=1S/C11H12N4O2S2.C9H8N4O2S2.Co/c1-3-18-11-13-12-10(19-11)14-15(2)8-5-4-7(16)6-9(8)17;1-13(12-8-10-11-9(16)17-8)6-3-2-5(14)4-7(6)15;/h4-6H,2-3H2,1H3,(H2,12,14,16,17);2-4H,1H2,(H3,10,11,12,14,15,16);/q;;+3/p-2. The van der Waals surface area contributed by atoms with Gasteiger partial charge >= 0.3 is 16.8 Å². The molecule has 0 aliphatic heterocycles. The maximum absolute atomic E-state index is 11.0. The average molecular weight is 622 g/mol. The second kappa shape index (κ2) is 13.9. The monoisotopic (exact) mass is 621 g/mol. The zero-order valence-corrected chi connectivity index (χ0v) is 23.2. The number of aliphatic hydroxyl groups excluding tert-OH is 2.